The Morgan fingerprint density at radius 3 is 2.59 bits per heavy atom. The third-order valence-electron chi connectivity index (χ3n) is 2.71. The van der Waals surface area contributed by atoms with Gasteiger partial charge in [0.25, 0.3) is 0 Å². The molecule has 0 aliphatic heterocycles. The summed E-state index contributed by atoms with van der Waals surface area (Å²) >= 11 is 5.85. The van der Waals surface area contributed by atoms with Crippen LogP contribution in [0.4, 0.5) is 10.5 Å². The van der Waals surface area contributed by atoms with E-state index >= 15 is 0 Å². The van der Waals surface area contributed by atoms with Gasteiger partial charge in [-0.2, -0.15) is 0 Å². The van der Waals surface area contributed by atoms with E-state index in [0.29, 0.717) is 30.1 Å². The minimum absolute atomic E-state index is 0.111. The second-order valence-corrected chi connectivity index (χ2v) is 6.50. The van der Waals surface area contributed by atoms with Crippen molar-refractivity contribution in [3.05, 3.63) is 29.3 Å². The molecule has 0 bridgehead atoms. The molecule has 1 aromatic rings. The third kappa shape index (κ3) is 7.31. The molecule has 0 unspecified atom stereocenters. The van der Waals surface area contributed by atoms with Crippen LogP contribution in [0, 0.1) is 0 Å². The minimum Gasteiger partial charge on any atom is -0.444 e. The summed E-state index contributed by atoms with van der Waals surface area (Å²) in [6, 6.07) is 6.98. The highest BCUT2D eigenvalue weighted by Gasteiger charge is 2.19. The molecule has 0 radical (unpaired) electrons. The van der Waals surface area contributed by atoms with Crippen LogP contribution in [0.5, 0.6) is 0 Å². The zero-order valence-electron chi connectivity index (χ0n) is 13.5. The van der Waals surface area contributed by atoms with E-state index in [-0.39, 0.29) is 12.0 Å². The van der Waals surface area contributed by atoms with Gasteiger partial charge in [-0.15, -0.1) is 0 Å². The summed E-state index contributed by atoms with van der Waals surface area (Å²) in [6.07, 6.45) is 0.490. The molecule has 0 saturated heterocycles. The fraction of sp³-hybridized carbons (Fsp3) is 0.500. The van der Waals surface area contributed by atoms with Crippen molar-refractivity contribution in [2.45, 2.75) is 39.2 Å². The average Bonchev–Trinajstić information content (AvgIpc) is 2.36. The largest absolute Gasteiger partial charge is 0.444 e. The zero-order chi connectivity index (χ0) is 16.8. The number of carbonyl (C=O) groups excluding carboxylic acids is 2. The van der Waals surface area contributed by atoms with E-state index in [0.717, 1.165) is 0 Å². The Hall–Kier alpha value is -1.75. The second-order valence-electron chi connectivity index (χ2n) is 6.06. The number of benzene rings is 1. The van der Waals surface area contributed by atoms with E-state index in [1.54, 1.807) is 31.3 Å². The van der Waals surface area contributed by atoms with Crippen LogP contribution >= 0.6 is 11.6 Å². The summed E-state index contributed by atoms with van der Waals surface area (Å²) in [7, 11) is 1.66. The fourth-order valence-electron chi connectivity index (χ4n) is 1.70. The van der Waals surface area contributed by atoms with Crippen LogP contribution in [0.25, 0.3) is 0 Å². The van der Waals surface area contributed by atoms with E-state index in [1.807, 2.05) is 20.8 Å². The van der Waals surface area contributed by atoms with E-state index in [1.165, 1.54) is 4.90 Å². The van der Waals surface area contributed by atoms with Gasteiger partial charge in [-0.25, -0.2) is 4.79 Å². The smallest absolute Gasteiger partial charge is 0.410 e. The standard InChI is InChI=1S/C16H23ClN2O3/c1-16(2,3)22-15(21)19(4)10-6-9-14(20)18-13-8-5-7-12(17)11-13/h5,7-8,11H,6,9-10H2,1-4H3,(H,18,20). The lowest BCUT2D eigenvalue weighted by atomic mass is 10.2. The Balaban J connectivity index is 2.31. The highest BCUT2D eigenvalue weighted by molar-refractivity contribution is 6.30. The van der Waals surface area contributed by atoms with Crippen LogP contribution in [0.1, 0.15) is 33.6 Å². The highest BCUT2D eigenvalue weighted by Crippen LogP contribution is 2.15. The molecule has 0 aromatic heterocycles. The van der Waals surface area contributed by atoms with Gasteiger partial charge in [0, 0.05) is 30.7 Å². The molecule has 0 saturated carbocycles. The number of halogens is 1. The number of carbonyl (C=O) groups is 2. The molecule has 5 nitrogen and oxygen atoms in total. The van der Waals surface area contributed by atoms with Crippen molar-refractivity contribution in [3.63, 3.8) is 0 Å². The minimum atomic E-state index is -0.519. The summed E-state index contributed by atoms with van der Waals surface area (Å²) in [6.45, 7) is 5.91. The lowest BCUT2D eigenvalue weighted by molar-refractivity contribution is -0.116. The normalized spacial score (nSPS) is 11.0. The van der Waals surface area contributed by atoms with E-state index in [9.17, 15) is 9.59 Å². The van der Waals surface area contributed by atoms with Crippen molar-refractivity contribution < 1.29 is 14.3 Å². The Morgan fingerprint density at radius 2 is 2.00 bits per heavy atom. The van der Waals surface area contributed by atoms with Crippen molar-refractivity contribution in [1.29, 1.82) is 0 Å². The van der Waals surface area contributed by atoms with Crippen LogP contribution in [-0.2, 0) is 9.53 Å². The molecule has 22 heavy (non-hydrogen) atoms. The first-order chi connectivity index (χ1) is 10.2. The maximum Gasteiger partial charge on any atom is 0.410 e. The van der Waals surface area contributed by atoms with Crippen LogP contribution in [0.15, 0.2) is 24.3 Å². The molecule has 6 heteroatoms. The Morgan fingerprint density at radius 1 is 1.32 bits per heavy atom. The maximum absolute atomic E-state index is 11.8. The van der Waals surface area contributed by atoms with Crippen molar-refractivity contribution in [2.24, 2.45) is 0 Å². The van der Waals surface area contributed by atoms with Gasteiger partial charge in [-0.3, -0.25) is 4.79 Å². The lowest BCUT2D eigenvalue weighted by Crippen LogP contribution is -2.35. The molecule has 0 aliphatic rings. The van der Waals surface area contributed by atoms with Gasteiger partial charge in [0.1, 0.15) is 5.60 Å². The highest BCUT2D eigenvalue weighted by atomic mass is 35.5. The quantitative estimate of drug-likeness (QED) is 0.892. The number of anilines is 1. The summed E-state index contributed by atoms with van der Waals surface area (Å²) < 4.78 is 5.24. The fourth-order valence-corrected chi connectivity index (χ4v) is 1.89. The Kier molecular flexibility index (Phi) is 6.68. The van der Waals surface area contributed by atoms with Crippen molar-refractivity contribution in [2.75, 3.05) is 18.9 Å². The van der Waals surface area contributed by atoms with Crippen LogP contribution < -0.4 is 5.32 Å². The van der Waals surface area contributed by atoms with Crippen molar-refractivity contribution in [1.82, 2.24) is 4.90 Å². The van der Waals surface area contributed by atoms with Crippen LogP contribution in [-0.4, -0.2) is 36.1 Å². The van der Waals surface area contributed by atoms with Gasteiger partial charge in [0.15, 0.2) is 0 Å². The Bertz CT molecular complexity index is 526. The molecular formula is C16H23ClN2O3. The number of amides is 2. The molecule has 1 rings (SSSR count). The molecule has 1 aromatic carbocycles. The molecule has 2 amide bonds. The number of hydrogen-bond donors (Lipinski definition) is 1. The summed E-state index contributed by atoms with van der Waals surface area (Å²) in [5.41, 5.74) is 0.146. The monoisotopic (exact) mass is 326 g/mol. The number of hydrogen-bond acceptors (Lipinski definition) is 3. The molecule has 0 heterocycles. The molecule has 0 fully saturated rings. The number of ether oxygens (including phenoxy) is 1. The molecule has 1 N–H and O–H groups in total. The summed E-state index contributed by atoms with van der Waals surface area (Å²) in [5, 5.41) is 3.34. The predicted molar refractivity (Wildman–Crippen MR) is 88.2 cm³/mol. The first-order valence-corrected chi connectivity index (χ1v) is 7.55. The van der Waals surface area contributed by atoms with Gasteiger partial charge in [-0.05, 0) is 45.4 Å². The van der Waals surface area contributed by atoms with Gasteiger partial charge in [0.05, 0.1) is 0 Å². The van der Waals surface area contributed by atoms with E-state index in [4.69, 9.17) is 16.3 Å². The zero-order valence-corrected chi connectivity index (χ0v) is 14.2. The number of nitrogens with one attached hydrogen (secondary N) is 1. The first-order valence-electron chi connectivity index (χ1n) is 7.17. The molecular weight excluding hydrogens is 304 g/mol. The topological polar surface area (TPSA) is 58.6 Å². The molecule has 0 spiro atoms. The second kappa shape index (κ2) is 8.03. The van der Waals surface area contributed by atoms with Gasteiger partial charge < -0.3 is 15.0 Å². The SMILES string of the molecule is CN(CCCC(=O)Nc1cccc(Cl)c1)C(=O)OC(C)(C)C. The van der Waals surface area contributed by atoms with E-state index < -0.39 is 5.60 Å². The first kappa shape index (κ1) is 18.3. The molecule has 122 valence electrons. The number of nitrogens with zero attached hydrogens (tertiary/aromatic N) is 1. The maximum atomic E-state index is 11.8. The van der Waals surface area contributed by atoms with E-state index in [2.05, 4.69) is 5.32 Å². The Labute approximate surface area is 136 Å². The third-order valence-corrected chi connectivity index (χ3v) is 2.95. The average molecular weight is 327 g/mol. The molecule has 0 aliphatic carbocycles. The molecule has 0 atom stereocenters. The van der Waals surface area contributed by atoms with Gasteiger partial charge in [0.2, 0.25) is 5.91 Å². The predicted octanol–water partition coefficient (Wildman–Crippen LogP) is 3.93. The summed E-state index contributed by atoms with van der Waals surface area (Å²) in [4.78, 5) is 25.0. The van der Waals surface area contributed by atoms with Crippen molar-refractivity contribution >= 4 is 29.3 Å². The number of rotatable bonds is 5. The lowest BCUT2D eigenvalue weighted by Gasteiger charge is -2.24. The van der Waals surface area contributed by atoms with Crippen LogP contribution in [0.3, 0.4) is 0 Å². The van der Waals surface area contributed by atoms with Gasteiger partial charge >= 0.3 is 6.09 Å². The van der Waals surface area contributed by atoms with Gasteiger partial charge in [-0.1, -0.05) is 17.7 Å². The van der Waals surface area contributed by atoms with Crippen LogP contribution in [0.2, 0.25) is 5.02 Å². The summed E-state index contributed by atoms with van der Waals surface area (Å²) in [5.74, 6) is -0.111. The van der Waals surface area contributed by atoms with Crippen molar-refractivity contribution in [3.8, 4) is 0 Å².